The molecule has 2 nitrogen and oxygen atoms in total. The van der Waals surface area contributed by atoms with Gasteiger partial charge in [0, 0.05) is 24.3 Å². The highest BCUT2D eigenvalue weighted by Gasteiger charge is 2.24. The third kappa shape index (κ3) is 2.56. The van der Waals surface area contributed by atoms with Crippen molar-refractivity contribution in [3.63, 3.8) is 0 Å². The molecule has 0 radical (unpaired) electrons. The van der Waals surface area contributed by atoms with E-state index in [4.69, 9.17) is 11.6 Å². The van der Waals surface area contributed by atoms with Gasteiger partial charge in [-0.05, 0) is 43.9 Å². The highest BCUT2D eigenvalue weighted by molar-refractivity contribution is 6.33. The lowest BCUT2D eigenvalue weighted by molar-refractivity contribution is 0.112. The lowest BCUT2D eigenvalue weighted by Crippen LogP contribution is -2.25. The van der Waals surface area contributed by atoms with Gasteiger partial charge < -0.3 is 4.90 Å². The van der Waals surface area contributed by atoms with E-state index in [2.05, 4.69) is 11.8 Å². The number of hydrogen-bond acceptors (Lipinski definition) is 2. The average Bonchev–Trinajstić information content (AvgIpc) is 3.09. The predicted molar refractivity (Wildman–Crippen MR) is 67.5 cm³/mol. The molecule has 0 atom stereocenters. The normalized spacial score (nSPS) is 14.9. The number of hydrogen-bond donors (Lipinski definition) is 0. The van der Waals surface area contributed by atoms with Gasteiger partial charge in [0.1, 0.15) is 0 Å². The van der Waals surface area contributed by atoms with E-state index in [1.807, 2.05) is 12.1 Å². The summed E-state index contributed by atoms with van der Waals surface area (Å²) in [6, 6.07) is 5.65. The highest BCUT2D eigenvalue weighted by atomic mass is 35.5. The quantitative estimate of drug-likeness (QED) is 0.732. The zero-order chi connectivity index (χ0) is 11.5. The van der Waals surface area contributed by atoms with Crippen LogP contribution in [0.15, 0.2) is 18.2 Å². The average molecular weight is 238 g/mol. The Labute approximate surface area is 101 Å². The van der Waals surface area contributed by atoms with Crippen LogP contribution in [0, 0.1) is 5.92 Å². The van der Waals surface area contributed by atoms with Gasteiger partial charge in [0.15, 0.2) is 6.29 Å². The molecule has 2 rings (SSSR count). The number of anilines is 1. The molecule has 0 unspecified atom stereocenters. The SMILES string of the molecule is CCN(CC1CC1)c1ccc(C=O)c(Cl)c1. The first-order valence-corrected chi connectivity index (χ1v) is 6.12. The van der Waals surface area contributed by atoms with Crippen molar-refractivity contribution in [1.82, 2.24) is 0 Å². The van der Waals surface area contributed by atoms with Crippen molar-refractivity contribution in [1.29, 1.82) is 0 Å². The maximum absolute atomic E-state index is 10.7. The van der Waals surface area contributed by atoms with Crippen LogP contribution in [-0.4, -0.2) is 19.4 Å². The summed E-state index contributed by atoms with van der Waals surface area (Å²) in [6.45, 7) is 4.23. The molecule has 0 N–H and O–H groups in total. The van der Waals surface area contributed by atoms with E-state index in [0.29, 0.717) is 10.6 Å². The molecule has 16 heavy (non-hydrogen) atoms. The largest absolute Gasteiger partial charge is 0.371 e. The van der Waals surface area contributed by atoms with Gasteiger partial charge in [-0.1, -0.05) is 11.6 Å². The van der Waals surface area contributed by atoms with Crippen LogP contribution < -0.4 is 4.90 Å². The van der Waals surface area contributed by atoms with E-state index in [1.165, 1.54) is 12.8 Å². The molecule has 86 valence electrons. The summed E-state index contributed by atoms with van der Waals surface area (Å²) in [5, 5.41) is 0.543. The maximum Gasteiger partial charge on any atom is 0.151 e. The first kappa shape index (κ1) is 11.5. The highest BCUT2D eigenvalue weighted by Crippen LogP contribution is 2.32. The first-order valence-electron chi connectivity index (χ1n) is 5.74. The third-order valence-electron chi connectivity index (χ3n) is 3.03. The number of rotatable bonds is 5. The van der Waals surface area contributed by atoms with Gasteiger partial charge in [-0.3, -0.25) is 4.79 Å². The molecule has 0 amide bonds. The van der Waals surface area contributed by atoms with Gasteiger partial charge in [-0.15, -0.1) is 0 Å². The Morgan fingerprint density at radius 3 is 2.75 bits per heavy atom. The van der Waals surface area contributed by atoms with E-state index in [9.17, 15) is 4.79 Å². The van der Waals surface area contributed by atoms with Crippen LogP contribution in [0.4, 0.5) is 5.69 Å². The summed E-state index contributed by atoms with van der Waals surface area (Å²) in [5.41, 5.74) is 1.68. The molecular weight excluding hydrogens is 222 g/mol. The minimum absolute atomic E-state index is 0.543. The zero-order valence-corrected chi connectivity index (χ0v) is 10.2. The Morgan fingerprint density at radius 1 is 1.50 bits per heavy atom. The maximum atomic E-state index is 10.7. The van der Waals surface area contributed by atoms with Crippen LogP contribution in [0.3, 0.4) is 0 Å². The van der Waals surface area contributed by atoms with Crippen LogP contribution in [0.25, 0.3) is 0 Å². The fraction of sp³-hybridized carbons (Fsp3) is 0.462. The lowest BCUT2D eigenvalue weighted by Gasteiger charge is -2.23. The molecule has 1 aromatic carbocycles. The van der Waals surface area contributed by atoms with Gasteiger partial charge in [-0.2, -0.15) is 0 Å². The van der Waals surface area contributed by atoms with Crippen molar-refractivity contribution in [2.45, 2.75) is 19.8 Å². The Balaban J connectivity index is 2.16. The van der Waals surface area contributed by atoms with E-state index in [0.717, 1.165) is 31.0 Å². The summed E-state index contributed by atoms with van der Waals surface area (Å²) in [5.74, 6) is 0.851. The standard InChI is InChI=1S/C13H16ClNO/c1-2-15(8-10-3-4-10)12-6-5-11(9-16)13(14)7-12/h5-7,9-10H,2-4,8H2,1H3. The lowest BCUT2D eigenvalue weighted by atomic mass is 10.2. The van der Waals surface area contributed by atoms with Gasteiger partial charge in [0.2, 0.25) is 0 Å². The molecule has 1 saturated carbocycles. The molecule has 1 aliphatic rings. The second-order valence-electron chi connectivity index (χ2n) is 4.31. The number of halogens is 1. The molecule has 1 aromatic rings. The summed E-state index contributed by atoms with van der Waals surface area (Å²) in [6.07, 6.45) is 3.48. The Bertz CT molecular complexity index is 388. The molecule has 0 saturated heterocycles. The second-order valence-corrected chi connectivity index (χ2v) is 4.71. The number of aldehydes is 1. The monoisotopic (exact) mass is 237 g/mol. The Morgan fingerprint density at radius 2 is 2.25 bits per heavy atom. The van der Waals surface area contributed by atoms with Crippen LogP contribution in [-0.2, 0) is 0 Å². The first-order chi connectivity index (χ1) is 7.74. The second kappa shape index (κ2) is 4.88. The molecular formula is C13H16ClNO. The molecule has 0 spiro atoms. The van der Waals surface area contributed by atoms with E-state index in [-0.39, 0.29) is 0 Å². The van der Waals surface area contributed by atoms with Gasteiger partial charge in [0.25, 0.3) is 0 Å². The van der Waals surface area contributed by atoms with Crippen LogP contribution >= 0.6 is 11.6 Å². The minimum atomic E-state index is 0.543. The van der Waals surface area contributed by atoms with Crippen molar-refractivity contribution in [2.24, 2.45) is 5.92 Å². The fourth-order valence-electron chi connectivity index (χ4n) is 1.84. The predicted octanol–water partition coefficient (Wildman–Crippen LogP) is 3.39. The van der Waals surface area contributed by atoms with E-state index >= 15 is 0 Å². The topological polar surface area (TPSA) is 20.3 Å². The van der Waals surface area contributed by atoms with Crippen molar-refractivity contribution in [3.05, 3.63) is 28.8 Å². The fourth-order valence-corrected chi connectivity index (χ4v) is 2.06. The Hall–Kier alpha value is -1.02. The van der Waals surface area contributed by atoms with E-state index < -0.39 is 0 Å². The number of carbonyl (C=O) groups is 1. The summed E-state index contributed by atoms with van der Waals surface area (Å²) < 4.78 is 0. The molecule has 0 aromatic heterocycles. The molecule has 0 heterocycles. The van der Waals surface area contributed by atoms with Gasteiger partial charge in [-0.25, -0.2) is 0 Å². The number of carbonyl (C=O) groups excluding carboxylic acids is 1. The molecule has 0 bridgehead atoms. The molecule has 1 aliphatic carbocycles. The summed E-state index contributed by atoms with van der Waals surface area (Å²) in [4.78, 5) is 13.0. The van der Waals surface area contributed by atoms with Crippen molar-refractivity contribution in [3.8, 4) is 0 Å². The van der Waals surface area contributed by atoms with Crippen LogP contribution in [0.5, 0.6) is 0 Å². The minimum Gasteiger partial charge on any atom is -0.371 e. The number of benzene rings is 1. The van der Waals surface area contributed by atoms with Crippen molar-refractivity contribution in [2.75, 3.05) is 18.0 Å². The molecule has 1 fully saturated rings. The zero-order valence-electron chi connectivity index (χ0n) is 9.45. The van der Waals surface area contributed by atoms with Crippen LogP contribution in [0.2, 0.25) is 5.02 Å². The number of nitrogens with zero attached hydrogens (tertiary/aromatic N) is 1. The molecule has 0 aliphatic heterocycles. The van der Waals surface area contributed by atoms with E-state index in [1.54, 1.807) is 6.07 Å². The summed E-state index contributed by atoms with van der Waals surface area (Å²) in [7, 11) is 0. The smallest absolute Gasteiger partial charge is 0.151 e. The van der Waals surface area contributed by atoms with Gasteiger partial charge >= 0.3 is 0 Å². The van der Waals surface area contributed by atoms with Crippen LogP contribution in [0.1, 0.15) is 30.1 Å². The summed E-state index contributed by atoms with van der Waals surface area (Å²) >= 11 is 6.02. The Kier molecular flexibility index (Phi) is 3.49. The molecule has 3 heteroatoms. The van der Waals surface area contributed by atoms with Crippen molar-refractivity contribution >= 4 is 23.6 Å². The van der Waals surface area contributed by atoms with Gasteiger partial charge in [0.05, 0.1) is 5.02 Å². The third-order valence-corrected chi connectivity index (χ3v) is 3.36. The van der Waals surface area contributed by atoms with Crippen molar-refractivity contribution < 1.29 is 4.79 Å².